The highest BCUT2D eigenvalue weighted by atomic mass is 16.5. The molecule has 7 nitrogen and oxygen atoms in total. The third-order valence-electron chi connectivity index (χ3n) is 5.66. The smallest absolute Gasteiger partial charge is 0.326 e. The lowest BCUT2D eigenvalue weighted by Gasteiger charge is -2.10. The summed E-state index contributed by atoms with van der Waals surface area (Å²) in [4.78, 5) is 25.0. The fraction of sp³-hybridized carbons (Fsp3) is 0.240. The summed E-state index contributed by atoms with van der Waals surface area (Å²) in [6.07, 6.45) is 2.23. The number of aryl methyl sites for hydroxylation is 1. The van der Waals surface area contributed by atoms with Crippen LogP contribution in [-0.2, 0) is 20.9 Å². The van der Waals surface area contributed by atoms with Crippen molar-refractivity contribution >= 4 is 28.6 Å². The van der Waals surface area contributed by atoms with Crippen LogP contribution in [0.15, 0.2) is 66.7 Å². The number of anilines is 1. The molecule has 2 heterocycles. The zero-order valence-electron chi connectivity index (χ0n) is 17.8. The molecule has 0 spiro atoms. The summed E-state index contributed by atoms with van der Waals surface area (Å²) in [7, 11) is 0. The lowest BCUT2D eigenvalue weighted by atomic mass is 10.2. The lowest BCUT2D eigenvalue weighted by Crippen LogP contribution is -2.24. The van der Waals surface area contributed by atoms with Gasteiger partial charge in [-0.3, -0.25) is 9.59 Å². The maximum atomic E-state index is 12.5. The number of ether oxygens (including phenoxy) is 1. The molecular weight excluding hydrogens is 404 g/mol. The van der Waals surface area contributed by atoms with E-state index >= 15 is 0 Å². The maximum Gasteiger partial charge on any atom is 0.326 e. The second-order valence-corrected chi connectivity index (χ2v) is 8.12. The molecule has 2 aromatic heterocycles. The van der Waals surface area contributed by atoms with Crippen molar-refractivity contribution in [2.75, 3.05) is 11.9 Å². The van der Waals surface area contributed by atoms with Crippen LogP contribution in [0.25, 0.3) is 16.6 Å². The van der Waals surface area contributed by atoms with Crippen molar-refractivity contribution in [2.45, 2.75) is 32.2 Å². The van der Waals surface area contributed by atoms with Crippen molar-refractivity contribution in [3.63, 3.8) is 0 Å². The first kappa shape index (κ1) is 20.1. The Morgan fingerprint density at radius 2 is 1.81 bits per heavy atom. The Balaban J connectivity index is 1.24. The van der Waals surface area contributed by atoms with Gasteiger partial charge in [-0.05, 0) is 49.4 Å². The molecule has 0 atom stereocenters. The minimum Gasteiger partial charge on any atom is -0.454 e. The largest absolute Gasteiger partial charge is 0.454 e. The van der Waals surface area contributed by atoms with Gasteiger partial charge < -0.3 is 14.6 Å². The SMILES string of the molecule is Cc1cc2ccccc2n1CC(=O)OCC(=O)Nc1cc(C2CC2)nn1-c1ccccc1. The first-order chi connectivity index (χ1) is 15.6. The average Bonchev–Trinajstić information content (AvgIpc) is 3.50. The van der Waals surface area contributed by atoms with Gasteiger partial charge in [0.1, 0.15) is 12.4 Å². The van der Waals surface area contributed by atoms with Crippen molar-refractivity contribution in [1.29, 1.82) is 0 Å². The zero-order chi connectivity index (χ0) is 22.1. The van der Waals surface area contributed by atoms with Crippen LogP contribution >= 0.6 is 0 Å². The number of aromatic nitrogens is 3. The highest BCUT2D eigenvalue weighted by Crippen LogP contribution is 2.40. The number of benzene rings is 2. The molecule has 7 heteroatoms. The molecule has 0 aliphatic heterocycles. The Labute approximate surface area is 185 Å². The fourth-order valence-electron chi connectivity index (χ4n) is 3.89. The third-order valence-corrected chi connectivity index (χ3v) is 5.66. The average molecular weight is 428 g/mol. The van der Waals surface area contributed by atoms with E-state index in [9.17, 15) is 9.59 Å². The molecule has 0 bridgehead atoms. The normalized spacial score (nSPS) is 13.3. The number of nitrogens with zero attached hydrogens (tertiary/aromatic N) is 3. The van der Waals surface area contributed by atoms with E-state index in [1.54, 1.807) is 4.68 Å². The predicted molar refractivity (Wildman–Crippen MR) is 122 cm³/mol. The second-order valence-electron chi connectivity index (χ2n) is 8.12. The van der Waals surface area contributed by atoms with Crippen LogP contribution in [-0.4, -0.2) is 32.8 Å². The zero-order valence-corrected chi connectivity index (χ0v) is 17.8. The molecular formula is C25H24N4O3. The molecule has 162 valence electrons. The van der Waals surface area contributed by atoms with E-state index in [2.05, 4.69) is 10.4 Å². The molecule has 1 aliphatic rings. The third kappa shape index (κ3) is 4.14. The summed E-state index contributed by atoms with van der Waals surface area (Å²) in [5.41, 5.74) is 3.76. The second kappa shape index (κ2) is 8.34. The van der Waals surface area contributed by atoms with Crippen molar-refractivity contribution < 1.29 is 14.3 Å². The number of nitrogens with one attached hydrogen (secondary N) is 1. The Morgan fingerprint density at radius 3 is 2.59 bits per heavy atom. The summed E-state index contributed by atoms with van der Waals surface area (Å²) in [5, 5.41) is 8.58. The van der Waals surface area contributed by atoms with Crippen LogP contribution in [0.4, 0.5) is 5.82 Å². The summed E-state index contributed by atoms with van der Waals surface area (Å²) in [6.45, 7) is 1.65. The van der Waals surface area contributed by atoms with Gasteiger partial charge in [0, 0.05) is 23.2 Å². The molecule has 1 fully saturated rings. The Kier molecular flexibility index (Phi) is 5.23. The van der Waals surface area contributed by atoms with Gasteiger partial charge in [0.2, 0.25) is 0 Å². The predicted octanol–water partition coefficient (Wildman–Crippen LogP) is 4.19. The minimum absolute atomic E-state index is 0.0560. The molecule has 1 aliphatic carbocycles. The van der Waals surface area contributed by atoms with Gasteiger partial charge in [-0.1, -0.05) is 36.4 Å². The van der Waals surface area contributed by atoms with Crippen LogP contribution in [0.5, 0.6) is 0 Å². The van der Waals surface area contributed by atoms with Crippen LogP contribution in [0.2, 0.25) is 0 Å². The van der Waals surface area contributed by atoms with E-state index in [1.807, 2.05) is 78.2 Å². The summed E-state index contributed by atoms with van der Waals surface area (Å²) >= 11 is 0. The van der Waals surface area contributed by atoms with Gasteiger partial charge in [-0.15, -0.1) is 0 Å². The van der Waals surface area contributed by atoms with Gasteiger partial charge in [-0.25, -0.2) is 4.68 Å². The van der Waals surface area contributed by atoms with Gasteiger partial charge >= 0.3 is 5.97 Å². The molecule has 32 heavy (non-hydrogen) atoms. The maximum absolute atomic E-state index is 12.5. The van der Waals surface area contributed by atoms with E-state index in [4.69, 9.17) is 4.74 Å². The van der Waals surface area contributed by atoms with Gasteiger partial charge in [0.25, 0.3) is 5.91 Å². The fourth-order valence-corrected chi connectivity index (χ4v) is 3.89. The summed E-state index contributed by atoms with van der Waals surface area (Å²) < 4.78 is 8.88. The molecule has 0 saturated heterocycles. The standard InChI is InChI=1S/C25H24N4O3/c1-17-13-19-7-5-6-10-22(19)28(17)15-25(31)32-16-24(30)26-23-14-21(18-11-12-18)27-29(23)20-8-3-2-4-9-20/h2-10,13-14,18H,11-12,15-16H2,1H3,(H,26,30). The first-order valence-corrected chi connectivity index (χ1v) is 10.7. The Morgan fingerprint density at radius 1 is 1.06 bits per heavy atom. The number of para-hydroxylation sites is 2. The van der Waals surface area contributed by atoms with Crippen molar-refractivity contribution in [2.24, 2.45) is 0 Å². The van der Waals surface area contributed by atoms with Crippen LogP contribution in [0, 0.1) is 6.92 Å². The number of rotatable bonds is 7. The molecule has 1 N–H and O–H groups in total. The van der Waals surface area contributed by atoms with Crippen LogP contribution < -0.4 is 5.32 Å². The Hall–Kier alpha value is -3.87. The molecule has 4 aromatic rings. The number of carbonyl (C=O) groups excluding carboxylic acids is 2. The number of hydrogen-bond donors (Lipinski definition) is 1. The van der Waals surface area contributed by atoms with E-state index in [-0.39, 0.29) is 13.2 Å². The van der Waals surface area contributed by atoms with E-state index in [1.165, 1.54) is 0 Å². The quantitative estimate of drug-likeness (QED) is 0.448. The number of hydrogen-bond acceptors (Lipinski definition) is 4. The van der Waals surface area contributed by atoms with Crippen LogP contribution in [0.1, 0.15) is 30.1 Å². The number of carbonyl (C=O) groups is 2. The molecule has 2 aromatic carbocycles. The summed E-state index contributed by atoms with van der Waals surface area (Å²) in [6, 6.07) is 21.4. The van der Waals surface area contributed by atoms with Crippen molar-refractivity contribution in [1.82, 2.24) is 14.3 Å². The van der Waals surface area contributed by atoms with Crippen molar-refractivity contribution in [3.05, 3.63) is 78.1 Å². The molecule has 0 unspecified atom stereocenters. The first-order valence-electron chi connectivity index (χ1n) is 10.7. The van der Waals surface area contributed by atoms with E-state index < -0.39 is 11.9 Å². The minimum atomic E-state index is -0.458. The van der Waals surface area contributed by atoms with E-state index in [0.29, 0.717) is 11.7 Å². The number of amides is 1. The molecule has 0 radical (unpaired) electrons. The number of esters is 1. The highest BCUT2D eigenvalue weighted by Gasteiger charge is 2.28. The molecule has 1 saturated carbocycles. The van der Waals surface area contributed by atoms with Crippen LogP contribution in [0.3, 0.4) is 0 Å². The monoisotopic (exact) mass is 428 g/mol. The Bertz CT molecular complexity index is 1290. The molecule has 5 rings (SSSR count). The van der Waals surface area contributed by atoms with E-state index in [0.717, 1.165) is 40.8 Å². The number of fused-ring (bicyclic) bond motifs is 1. The molecule has 1 amide bonds. The topological polar surface area (TPSA) is 78.2 Å². The highest BCUT2D eigenvalue weighted by molar-refractivity contribution is 5.92. The van der Waals surface area contributed by atoms with Gasteiger partial charge in [0.05, 0.1) is 11.4 Å². The van der Waals surface area contributed by atoms with Gasteiger partial charge in [0.15, 0.2) is 6.61 Å². The summed E-state index contributed by atoms with van der Waals surface area (Å²) in [5.74, 6) is 0.172. The van der Waals surface area contributed by atoms with Gasteiger partial charge in [-0.2, -0.15) is 5.10 Å². The van der Waals surface area contributed by atoms with Crippen molar-refractivity contribution in [3.8, 4) is 5.69 Å². The lowest BCUT2D eigenvalue weighted by molar-refractivity contribution is -0.147.